The smallest absolute Gasteiger partial charge is 0.406 e. The number of aryl methyl sites for hydroxylation is 2. The lowest BCUT2D eigenvalue weighted by atomic mass is 9.98. The van der Waals surface area contributed by atoms with Gasteiger partial charge in [0, 0.05) is 12.1 Å². The number of hydrogen-bond acceptors (Lipinski definition) is 6. The predicted molar refractivity (Wildman–Crippen MR) is 172 cm³/mol. The van der Waals surface area contributed by atoms with Crippen LogP contribution in [0.4, 0.5) is 23.7 Å². The van der Waals surface area contributed by atoms with E-state index in [9.17, 15) is 22.8 Å². The molecule has 5 rings (SSSR count). The summed E-state index contributed by atoms with van der Waals surface area (Å²) >= 11 is 1.27. The molecule has 0 atom stereocenters. The number of urea groups is 1. The molecular weight excluding hydrogens is 617 g/mol. The maximum absolute atomic E-state index is 12.7. The quantitative estimate of drug-likeness (QED) is 0.179. The van der Waals surface area contributed by atoms with E-state index in [0.29, 0.717) is 23.2 Å². The number of halogens is 3. The highest BCUT2D eigenvalue weighted by atomic mass is 32.2. The van der Waals surface area contributed by atoms with E-state index < -0.39 is 12.4 Å². The Balaban J connectivity index is 1.09. The lowest BCUT2D eigenvalue weighted by molar-refractivity contribution is -0.274. The Morgan fingerprint density at radius 2 is 1.80 bits per heavy atom. The fourth-order valence-electron chi connectivity index (χ4n) is 4.94. The fourth-order valence-corrected chi connectivity index (χ4v) is 5.80. The molecule has 3 amide bonds. The summed E-state index contributed by atoms with van der Waals surface area (Å²) in [6, 6.07) is 18.7. The first-order valence-electron chi connectivity index (χ1n) is 14.8. The number of amidine groups is 1. The van der Waals surface area contributed by atoms with Crippen molar-refractivity contribution in [3.63, 3.8) is 0 Å². The van der Waals surface area contributed by atoms with E-state index in [1.807, 2.05) is 43.3 Å². The second-order valence-electron chi connectivity index (χ2n) is 11.1. The van der Waals surface area contributed by atoms with Crippen molar-refractivity contribution in [3.05, 3.63) is 89.7 Å². The SMILES string of the molecule is Cc1ccc(N2C(=O)CSC2=NC(=O)NCCCCc2ccc(-c3ncn(-c4ccc(OC(F)(F)F)cc4)n3)cc2)c(C(C)C)c1. The number of thioether (sulfide) groups is 1. The van der Waals surface area contributed by atoms with Crippen molar-refractivity contribution in [2.24, 2.45) is 4.99 Å². The number of nitrogens with one attached hydrogen (secondary N) is 1. The van der Waals surface area contributed by atoms with Crippen molar-refractivity contribution < 1.29 is 27.5 Å². The van der Waals surface area contributed by atoms with E-state index in [1.165, 1.54) is 47.0 Å². The van der Waals surface area contributed by atoms with Crippen LogP contribution in [0.5, 0.6) is 5.75 Å². The van der Waals surface area contributed by atoms with Gasteiger partial charge in [0.05, 0.1) is 17.1 Å². The first-order valence-corrected chi connectivity index (χ1v) is 15.8. The molecule has 4 aromatic rings. The van der Waals surface area contributed by atoms with Gasteiger partial charge in [0.25, 0.3) is 0 Å². The van der Waals surface area contributed by atoms with Crippen molar-refractivity contribution in [2.45, 2.75) is 52.3 Å². The average Bonchev–Trinajstić information content (AvgIpc) is 3.64. The van der Waals surface area contributed by atoms with Crippen LogP contribution in [0.15, 0.2) is 78.0 Å². The summed E-state index contributed by atoms with van der Waals surface area (Å²) in [5, 5.41) is 7.66. The molecule has 9 nitrogen and oxygen atoms in total. The van der Waals surface area contributed by atoms with Gasteiger partial charge in [-0.05, 0) is 73.6 Å². The zero-order valence-electron chi connectivity index (χ0n) is 25.5. The minimum Gasteiger partial charge on any atom is -0.406 e. The number of unbranched alkanes of at least 4 members (excludes halogenated alkanes) is 1. The zero-order chi connectivity index (χ0) is 32.8. The number of hydrogen-bond donors (Lipinski definition) is 1. The normalized spacial score (nSPS) is 14.4. The Morgan fingerprint density at radius 3 is 2.50 bits per heavy atom. The van der Waals surface area contributed by atoms with Gasteiger partial charge in [-0.2, -0.15) is 4.99 Å². The van der Waals surface area contributed by atoms with Gasteiger partial charge in [-0.3, -0.25) is 9.69 Å². The molecule has 0 spiro atoms. The van der Waals surface area contributed by atoms with Crippen molar-refractivity contribution in [3.8, 4) is 22.8 Å². The summed E-state index contributed by atoms with van der Waals surface area (Å²) in [6.45, 7) is 6.62. The minimum absolute atomic E-state index is 0.0920. The lowest BCUT2D eigenvalue weighted by Crippen LogP contribution is -2.32. The number of aromatic nitrogens is 3. The van der Waals surface area contributed by atoms with Crippen LogP contribution < -0.4 is 15.0 Å². The van der Waals surface area contributed by atoms with E-state index in [-0.39, 0.29) is 23.3 Å². The molecule has 1 aliphatic rings. The molecule has 1 N–H and O–H groups in total. The fraction of sp³-hybridized carbons (Fsp3) is 0.303. The standard InChI is InChI=1S/C33H33F3N6O3S/c1-21(2)27-18-22(3)7-16-28(27)42-29(43)19-46-32(42)39-31(44)37-17-5-4-6-23-8-10-24(11-9-23)30-38-20-41(40-30)25-12-14-26(15-13-25)45-33(34,35)36/h7-16,18,20-21H,4-6,17,19H2,1-3H3,(H,37,44). The van der Waals surface area contributed by atoms with Gasteiger partial charge in [0.15, 0.2) is 11.0 Å². The number of alkyl halides is 3. The number of amides is 3. The molecule has 46 heavy (non-hydrogen) atoms. The second kappa shape index (κ2) is 14.2. The summed E-state index contributed by atoms with van der Waals surface area (Å²) in [4.78, 5) is 35.4. The molecule has 240 valence electrons. The van der Waals surface area contributed by atoms with Crippen molar-refractivity contribution in [1.29, 1.82) is 0 Å². The maximum Gasteiger partial charge on any atom is 0.573 e. The summed E-state index contributed by atoms with van der Waals surface area (Å²) in [5.41, 5.74) is 5.37. The first kappa shape index (κ1) is 32.7. The Morgan fingerprint density at radius 1 is 1.07 bits per heavy atom. The van der Waals surface area contributed by atoms with Crippen LogP contribution in [0.25, 0.3) is 17.1 Å². The number of benzene rings is 3. The van der Waals surface area contributed by atoms with Crippen molar-refractivity contribution in [2.75, 3.05) is 17.2 Å². The lowest BCUT2D eigenvalue weighted by Gasteiger charge is -2.22. The van der Waals surface area contributed by atoms with Gasteiger partial charge >= 0.3 is 12.4 Å². The number of ether oxygens (including phenoxy) is 1. The van der Waals surface area contributed by atoms with Gasteiger partial charge in [-0.15, -0.1) is 18.3 Å². The highest BCUT2D eigenvalue weighted by molar-refractivity contribution is 8.15. The third kappa shape index (κ3) is 8.33. The summed E-state index contributed by atoms with van der Waals surface area (Å²) < 4.78 is 42.6. The molecule has 0 radical (unpaired) electrons. The number of nitrogens with zero attached hydrogens (tertiary/aromatic N) is 5. The highest BCUT2D eigenvalue weighted by Crippen LogP contribution is 2.34. The number of carbonyl (C=O) groups excluding carboxylic acids is 2. The summed E-state index contributed by atoms with van der Waals surface area (Å²) in [6.07, 6.45) is -0.850. The van der Waals surface area contributed by atoms with E-state index in [0.717, 1.165) is 47.2 Å². The molecule has 1 aliphatic heterocycles. The first-order chi connectivity index (χ1) is 22.0. The topological polar surface area (TPSA) is 102 Å². The van der Waals surface area contributed by atoms with Crippen LogP contribution in [0, 0.1) is 6.92 Å². The molecular formula is C33H33F3N6O3S. The molecule has 1 saturated heterocycles. The molecule has 0 saturated carbocycles. The van der Waals surface area contributed by atoms with Crippen LogP contribution in [0.1, 0.15) is 49.3 Å². The Kier molecular flexibility index (Phi) is 10.1. The Bertz CT molecular complexity index is 1720. The largest absolute Gasteiger partial charge is 0.573 e. The van der Waals surface area contributed by atoms with Gasteiger partial charge in [0.1, 0.15) is 12.1 Å². The van der Waals surface area contributed by atoms with E-state index in [1.54, 1.807) is 4.90 Å². The van der Waals surface area contributed by atoms with Gasteiger partial charge in [0.2, 0.25) is 5.91 Å². The van der Waals surface area contributed by atoms with E-state index in [2.05, 4.69) is 45.0 Å². The number of aliphatic imine (C=N–C) groups is 1. The summed E-state index contributed by atoms with van der Waals surface area (Å²) in [7, 11) is 0. The molecule has 1 aromatic heterocycles. The Labute approximate surface area is 268 Å². The molecule has 0 aliphatic carbocycles. The van der Waals surface area contributed by atoms with Crippen LogP contribution >= 0.6 is 11.8 Å². The van der Waals surface area contributed by atoms with Crippen LogP contribution in [-0.4, -0.2) is 50.5 Å². The molecule has 0 bridgehead atoms. The maximum atomic E-state index is 12.7. The number of rotatable bonds is 10. The minimum atomic E-state index is -4.75. The van der Waals surface area contributed by atoms with Gasteiger partial charge < -0.3 is 10.1 Å². The highest BCUT2D eigenvalue weighted by Gasteiger charge is 2.32. The molecule has 3 aromatic carbocycles. The van der Waals surface area contributed by atoms with Crippen LogP contribution in [-0.2, 0) is 11.2 Å². The molecule has 13 heteroatoms. The third-order valence-corrected chi connectivity index (χ3v) is 8.14. The third-order valence-electron chi connectivity index (χ3n) is 7.22. The van der Waals surface area contributed by atoms with E-state index >= 15 is 0 Å². The number of anilines is 1. The molecule has 2 heterocycles. The van der Waals surface area contributed by atoms with Crippen molar-refractivity contribution in [1.82, 2.24) is 20.1 Å². The van der Waals surface area contributed by atoms with Crippen molar-refractivity contribution >= 4 is 34.6 Å². The summed E-state index contributed by atoms with van der Waals surface area (Å²) in [5.74, 6) is 0.529. The zero-order valence-corrected chi connectivity index (χ0v) is 26.4. The second-order valence-corrected chi connectivity index (χ2v) is 12.0. The molecule has 1 fully saturated rings. The van der Waals surface area contributed by atoms with Crippen LogP contribution in [0.2, 0.25) is 0 Å². The van der Waals surface area contributed by atoms with Gasteiger partial charge in [-0.1, -0.05) is 67.6 Å². The monoisotopic (exact) mass is 650 g/mol. The van der Waals surface area contributed by atoms with E-state index in [4.69, 9.17) is 0 Å². The van der Waals surface area contributed by atoms with Crippen LogP contribution in [0.3, 0.4) is 0 Å². The van der Waals surface area contributed by atoms with Gasteiger partial charge in [-0.25, -0.2) is 14.5 Å². The average molecular weight is 651 g/mol. The molecule has 0 unspecified atom stereocenters. The Hall–Kier alpha value is -4.65. The number of carbonyl (C=O) groups is 2. The predicted octanol–water partition coefficient (Wildman–Crippen LogP) is 7.43.